The van der Waals surface area contributed by atoms with Crippen molar-refractivity contribution in [2.75, 3.05) is 26.7 Å². The number of nitrogens with zero attached hydrogens (tertiary/aromatic N) is 4. The van der Waals surface area contributed by atoms with Crippen LogP contribution in [-0.4, -0.2) is 81.7 Å². The van der Waals surface area contributed by atoms with Gasteiger partial charge in [-0.15, -0.1) is 11.3 Å². The van der Waals surface area contributed by atoms with Crippen LogP contribution in [0.5, 0.6) is 5.75 Å². The summed E-state index contributed by atoms with van der Waals surface area (Å²) >= 11 is 1.64. The van der Waals surface area contributed by atoms with Crippen molar-refractivity contribution in [1.82, 2.24) is 25.1 Å². The third kappa shape index (κ3) is 5.51. The largest absolute Gasteiger partial charge is 0.508 e. The maximum absolute atomic E-state index is 13.8. The summed E-state index contributed by atoms with van der Waals surface area (Å²) < 4.78 is 0. The summed E-state index contributed by atoms with van der Waals surface area (Å²) in [7, 11) is 1.72. The lowest BCUT2D eigenvalue weighted by atomic mass is 9.98. The number of phenolic OH excluding ortho intramolecular Hbond substituents is 1. The van der Waals surface area contributed by atoms with E-state index in [9.17, 15) is 19.5 Å². The zero-order valence-corrected chi connectivity index (χ0v) is 22.0. The van der Waals surface area contributed by atoms with Crippen molar-refractivity contribution in [3.8, 4) is 5.75 Å². The Kier molecular flexibility index (Phi) is 7.62. The lowest BCUT2D eigenvalue weighted by Gasteiger charge is -2.54. The van der Waals surface area contributed by atoms with E-state index in [1.54, 1.807) is 62.5 Å². The van der Waals surface area contributed by atoms with Crippen molar-refractivity contribution in [2.24, 2.45) is 0 Å². The van der Waals surface area contributed by atoms with Gasteiger partial charge in [-0.25, -0.2) is 14.8 Å². The van der Waals surface area contributed by atoms with Crippen molar-refractivity contribution >= 4 is 29.2 Å². The molecule has 2 atom stereocenters. The molecule has 38 heavy (non-hydrogen) atoms. The number of hydrogen-bond donors (Lipinski definition) is 2. The minimum absolute atomic E-state index is 0.0101. The lowest BCUT2D eigenvalue weighted by Crippen LogP contribution is -2.76. The number of benzene rings is 2. The van der Waals surface area contributed by atoms with E-state index in [1.165, 1.54) is 4.88 Å². The monoisotopic (exact) mass is 533 g/mol. The summed E-state index contributed by atoms with van der Waals surface area (Å²) in [5.41, 5.74) is 1.79. The van der Waals surface area contributed by atoms with Gasteiger partial charge in [-0.05, 0) is 41.1 Å². The number of aromatic hydroxyl groups is 1. The minimum atomic E-state index is -0.757. The van der Waals surface area contributed by atoms with Crippen LogP contribution in [-0.2, 0) is 29.0 Å². The van der Waals surface area contributed by atoms with E-state index in [0.717, 1.165) is 11.1 Å². The van der Waals surface area contributed by atoms with Gasteiger partial charge in [0.25, 0.3) is 0 Å². The van der Waals surface area contributed by atoms with Crippen molar-refractivity contribution in [1.29, 1.82) is 0 Å². The van der Waals surface area contributed by atoms with E-state index in [2.05, 4.69) is 5.32 Å². The van der Waals surface area contributed by atoms with Crippen molar-refractivity contribution < 1.29 is 19.5 Å². The fraction of sp³-hybridized carbons (Fsp3) is 0.321. The van der Waals surface area contributed by atoms with Crippen LogP contribution in [0.2, 0.25) is 0 Å². The van der Waals surface area contributed by atoms with E-state index in [0.29, 0.717) is 25.9 Å². The summed E-state index contributed by atoms with van der Waals surface area (Å²) in [5, 5.41) is 17.9. The van der Waals surface area contributed by atoms with E-state index in [-0.39, 0.29) is 36.7 Å². The highest BCUT2D eigenvalue weighted by Crippen LogP contribution is 2.28. The number of thiophene rings is 1. The Bertz CT molecular complexity index is 1270. The molecule has 3 aromatic rings. The van der Waals surface area contributed by atoms with Crippen LogP contribution in [0.3, 0.4) is 0 Å². The Balaban J connectivity index is 1.42. The van der Waals surface area contributed by atoms with E-state index in [4.69, 9.17) is 0 Å². The van der Waals surface area contributed by atoms with Crippen molar-refractivity contribution in [3.63, 3.8) is 0 Å². The first kappa shape index (κ1) is 25.7. The third-order valence-corrected chi connectivity index (χ3v) is 7.94. The predicted molar refractivity (Wildman–Crippen MR) is 144 cm³/mol. The normalized spacial score (nSPS) is 20.0. The average Bonchev–Trinajstić information content (AvgIpc) is 3.43. The maximum Gasteiger partial charge on any atom is 0.334 e. The molecular formula is C28H31N5O4S. The summed E-state index contributed by atoms with van der Waals surface area (Å²) in [5.74, 6) is -0.191. The molecule has 2 aliphatic rings. The van der Waals surface area contributed by atoms with Gasteiger partial charge in [0.05, 0.1) is 13.1 Å². The summed E-state index contributed by atoms with van der Waals surface area (Å²) in [6.07, 6.45) is 0.353. The molecule has 2 N–H and O–H groups in total. The zero-order chi connectivity index (χ0) is 26.6. The molecule has 0 bridgehead atoms. The molecule has 0 saturated carbocycles. The van der Waals surface area contributed by atoms with Gasteiger partial charge in [0.1, 0.15) is 18.0 Å². The molecule has 2 aliphatic heterocycles. The van der Waals surface area contributed by atoms with Crippen LogP contribution in [0.4, 0.5) is 4.79 Å². The standard InChI is InChI=1S/C28H31N5O4S/c1-30-19-26(35)32-24(16-20-9-11-22(34)12-10-20)27(36)31(14-13-23-8-5-15-38-23)18-25(32)33(30)28(37)29-17-21-6-3-2-4-7-21/h2-12,15,24-25,34H,13-14,16-19H2,1H3,(H,29,37)/t24?,25-/m0/s1. The van der Waals surface area contributed by atoms with Gasteiger partial charge in [-0.2, -0.15) is 0 Å². The number of amides is 4. The Morgan fingerprint density at radius 3 is 2.50 bits per heavy atom. The first-order chi connectivity index (χ1) is 18.4. The number of piperazine rings is 1. The molecule has 2 fully saturated rings. The maximum atomic E-state index is 13.8. The SMILES string of the molecule is CN1CC(=O)N2C(Cc3ccc(O)cc3)C(=O)N(CCc3cccs3)C[C@@H]2N1C(=O)NCc1ccccc1. The van der Waals surface area contributed by atoms with Crippen LogP contribution in [0.15, 0.2) is 72.1 Å². The van der Waals surface area contributed by atoms with Gasteiger partial charge in [0.2, 0.25) is 11.8 Å². The zero-order valence-electron chi connectivity index (χ0n) is 21.2. The number of fused-ring (bicyclic) bond motifs is 1. The third-order valence-electron chi connectivity index (χ3n) is 7.01. The lowest BCUT2D eigenvalue weighted by molar-refractivity contribution is -0.186. The predicted octanol–water partition coefficient (Wildman–Crippen LogP) is 2.68. The number of nitrogens with one attached hydrogen (secondary N) is 1. The number of carbonyl (C=O) groups excluding carboxylic acids is 3. The van der Waals surface area contributed by atoms with E-state index >= 15 is 0 Å². The van der Waals surface area contributed by atoms with E-state index < -0.39 is 12.2 Å². The van der Waals surface area contributed by atoms with Gasteiger partial charge in [-0.1, -0.05) is 48.5 Å². The fourth-order valence-electron chi connectivity index (χ4n) is 5.12. The number of likely N-dealkylation sites (N-methyl/N-ethyl adjacent to an activating group) is 1. The van der Waals surface area contributed by atoms with Crippen molar-refractivity contribution in [2.45, 2.75) is 31.6 Å². The van der Waals surface area contributed by atoms with Crippen LogP contribution in [0, 0.1) is 0 Å². The first-order valence-electron chi connectivity index (χ1n) is 12.6. The minimum Gasteiger partial charge on any atom is -0.508 e. The Labute approximate surface area is 225 Å². The van der Waals surface area contributed by atoms with Crippen LogP contribution >= 0.6 is 11.3 Å². The molecule has 0 aliphatic carbocycles. The molecule has 9 nitrogen and oxygen atoms in total. The number of rotatable bonds is 7. The molecule has 5 rings (SSSR count). The number of urea groups is 1. The Morgan fingerprint density at radius 1 is 1.03 bits per heavy atom. The first-order valence-corrected chi connectivity index (χ1v) is 13.5. The highest BCUT2D eigenvalue weighted by molar-refractivity contribution is 7.09. The van der Waals surface area contributed by atoms with Crippen LogP contribution in [0.1, 0.15) is 16.0 Å². The summed E-state index contributed by atoms with van der Waals surface area (Å²) in [4.78, 5) is 45.1. The quantitative estimate of drug-likeness (QED) is 0.487. The van der Waals surface area contributed by atoms with Crippen LogP contribution < -0.4 is 5.32 Å². The van der Waals surface area contributed by atoms with Crippen LogP contribution in [0.25, 0.3) is 0 Å². The molecule has 1 unspecified atom stereocenters. The topological polar surface area (TPSA) is 96.4 Å². The molecule has 0 radical (unpaired) electrons. The molecule has 4 amide bonds. The molecular weight excluding hydrogens is 502 g/mol. The number of hydrogen-bond acceptors (Lipinski definition) is 6. The van der Waals surface area contributed by atoms with Crippen molar-refractivity contribution in [3.05, 3.63) is 88.1 Å². The smallest absolute Gasteiger partial charge is 0.334 e. The average molecular weight is 534 g/mol. The van der Waals surface area contributed by atoms with Gasteiger partial charge in [0, 0.05) is 31.4 Å². The Hall–Kier alpha value is -3.89. The Morgan fingerprint density at radius 2 is 1.79 bits per heavy atom. The number of phenols is 1. The molecule has 10 heteroatoms. The van der Waals surface area contributed by atoms with Gasteiger partial charge in [0.15, 0.2) is 0 Å². The second-order valence-corrected chi connectivity index (χ2v) is 10.6. The van der Waals surface area contributed by atoms with Gasteiger partial charge in [-0.3, -0.25) is 9.59 Å². The summed E-state index contributed by atoms with van der Waals surface area (Å²) in [6, 6.07) is 19.2. The van der Waals surface area contributed by atoms with Gasteiger partial charge >= 0.3 is 6.03 Å². The molecule has 1 aromatic heterocycles. The molecule has 3 heterocycles. The number of carbonyl (C=O) groups is 3. The molecule has 0 spiro atoms. The molecule has 198 valence electrons. The van der Waals surface area contributed by atoms with Gasteiger partial charge < -0.3 is 20.2 Å². The van der Waals surface area contributed by atoms with E-state index in [1.807, 2.05) is 47.8 Å². The molecule has 2 aromatic carbocycles. The highest BCUT2D eigenvalue weighted by atomic mass is 32.1. The summed E-state index contributed by atoms with van der Waals surface area (Å²) in [6.45, 7) is 1.06. The number of hydrazine groups is 1. The second kappa shape index (κ2) is 11.2. The highest BCUT2D eigenvalue weighted by Gasteiger charge is 2.50. The fourth-order valence-corrected chi connectivity index (χ4v) is 5.81. The molecule has 2 saturated heterocycles. The second-order valence-electron chi connectivity index (χ2n) is 9.59.